The van der Waals surface area contributed by atoms with Gasteiger partial charge < -0.3 is 63.4 Å². The summed E-state index contributed by atoms with van der Waals surface area (Å²) in [6.07, 6.45) is 30.6. The van der Waals surface area contributed by atoms with Crippen molar-refractivity contribution in [3.05, 3.63) is 0 Å². The maximum Gasteiger partial charge on any atom is 0.312 e. The Morgan fingerprint density at radius 1 is 0.360 bits per heavy atom. The monoisotopic (exact) mass is 1940 g/mol. The summed E-state index contributed by atoms with van der Waals surface area (Å²) >= 11 is 0. The molecule has 2 heterocycles. The quantitative estimate of drug-likeness (QED) is 0.0526. The number of carboxylic acid groups (broad SMARTS) is 1. The number of aliphatic hydroxyl groups is 4. The minimum atomic E-state index is -0.842. The lowest BCUT2D eigenvalue weighted by atomic mass is 9.46. The molecule has 0 aromatic rings. The summed E-state index contributed by atoms with van der Waals surface area (Å²) in [6, 6.07) is 0. The predicted octanol–water partition coefficient (Wildman–Crippen LogP) is 26.9. The van der Waals surface area contributed by atoms with Gasteiger partial charge in [0.2, 0.25) is 0 Å². The number of aliphatic carboxylic acids is 1. The topological polar surface area (TPSA) is 329 Å². The van der Waals surface area contributed by atoms with Gasteiger partial charge in [-0.15, -0.1) is 0 Å². The molecule has 0 aromatic carbocycles. The molecule has 22 rings (SSSR count). The highest BCUT2D eigenvalue weighted by molar-refractivity contribution is 5.80. The third-order valence-corrected chi connectivity index (χ3v) is 35.8. The van der Waals surface area contributed by atoms with Crippen LogP contribution in [0.5, 0.6) is 0 Å². The number of esters is 8. The molecule has 22 fully saturated rings. The van der Waals surface area contributed by atoms with Crippen LogP contribution in [-0.4, -0.2) is 148 Å². The van der Waals surface area contributed by atoms with Gasteiger partial charge in [0, 0.05) is 67.6 Å². The molecule has 0 amide bonds. The van der Waals surface area contributed by atoms with Crippen molar-refractivity contribution < 1.29 is 107 Å². The second-order valence-electron chi connectivity index (χ2n) is 47.8. The summed E-state index contributed by atoms with van der Waals surface area (Å²) in [4.78, 5) is 107. The Morgan fingerprint density at radius 2 is 0.640 bits per heavy atom. The molecule has 22 nitrogen and oxygen atoms in total. The molecule has 0 spiro atoms. The molecular formula is C114H216O22. The van der Waals surface area contributed by atoms with E-state index >= 15 is 0 Å². The highest BCUT2D eigenvalue weighted by Crippen LogP contribution is 2.67. The van der Waals surface area contributed by atoms with Crippen molar-refractivity contribution in [3.63, 3.8) is 0 Å². The SMILES string of the molecule is C.C.C.C.C.C.C.C.C.C.C.C.C.C.CCC(C)(C)C(=O)O.CCC(C)(C)C(=O)OC(C)(C)C12CC3CC(CC(C3)C1)C2.CCC(C)(C)C(=O)OC1(C)C2CC3CC(C2)CC1C3.CCC(C)(C)C(=O)OC12CC3CC(O)(CC(O)(C3)C1)C2.CCC(C)(C)C(=O)OC12CC3CC(O)(CC(O)(C3)C1)C2.CCC(C)C(=O)OC1C2CC3C(=O)OC1C3C2.CCC(C)C(=O)OC1C2CC3C(=O)OC1C3C2. The van der Waals surface area contributed by atoms with E-state index in [1.165, 1.54) is 70.6 Å². The average molecular weight is 1940 g/mol. The number of hydrogen-bond donors (Lipinski definition) is 5. The molecule has 0 aromatic heterocycles. The smallest absolute Gasteiger partial charge is 0.312 e. The lowest BCUT2D eigenvalue weighted by Crippen LogP contribution is -2.67. The van der Waals surface area contributed by atoms with Gasteiger partial charge in [0.1, 0.15) is 46.8 Å². The van der Waals surface area contributed by atoms with E-state index in [2.05, 4.69) is 34.6 Å². The molecule has 20 saturated carbocycles. The summed E-state index contributed by atoms with van der Waals surface area (Å²) in [5, 5.41) is 51.1. The second kappa shape index (κ2) is 48.6. The van der Waals surface area contributed by atoms with Gasteiger partial charge >= 0.3 is 53.7 Å². The molecule has 20 aliphatic carbocycles. The van der Waals surface area contributed by atoms with Crippen LogP contribution in [0.4, 0.5) is 0 Å². The van der Waals surface area contributed by atoms with Crippen LogP contribution in [0.1, 0.15) is 475 Å². The number of carboxylic acids is 1. The van der Waals surface area contributed by atoms with Crippen molar-refractivity contribution >= 4 is 53.7 Å². The minimum absolute atomic E-state index is 0. The van der Waals surface area contributed by atoms with Crippen LogP contribution in [-0.2, 0) is 81.0 Å². The summed E-state index contributed by atoms with van der Waals surface area (Å²) in [5.74, 6) is 6.11. The molecule has 22 aliphatic rings. The second-order valence-corrected chi connectivity index (χ2v) is 47.8. The Labute approximate surface area is 832 Å². The molecule has 16 atom stereocenters. The summed E-state index contributed by atoms with van der Waals surface area (Å²) in [6.45, 7) is 43.3. The van der Waals surface area contributed by atoms with Gasteiger partial charge in [-0.3, -0.25) is 43.2 Å². The fourth-order valence-electron chi connectivity index (χ4n) is 27.0. The number of fused-ring (bicyclic) bond motifs is 2. The summed E-state index contributed by atoms with van der Waals surface area (Å²) in [7, 11) is 0. The predicted molar refractivity (Wildman–Crippen MR) is 552 cm³/mol. The first kappa shape index (κ1) is 135. The van der Waals surface area contributed by atoms with Gasteiger partial charge in [0.05, 0.1) is 73.2 Å². The van der Waals surface area contributed by atoms with Gasteiger partial charge in [-0.25, -0.2) is 0 Å². The van der Waals surface area contributed by atoms with Crippen molar-refractivity contribution in [2.24, 2.45) is 133 Å². The Kier molecular flexibility index (Phi) is 48.4. The molecule has 22 heteroatoms. The number of carbonyl (C=O) groups is 9. The highest BCUT2D eigenvalue weighted by atomic mass is 16.6. The summed E-state index contributed by atoms with van der Waals surface area (Å²) < 4.78 is 45.8. The number of rotatable bonds is 21. The molecule has 20 bridgehead atoms. The average Bonchev–Trinajstić information content (AvgIpc) is 1.36. The fraction of sp³-hybridized carbons (Fsp3) is 0.921. The maximum absolute atomic E-state index is 12.6. The van der Waals surface area contributed by atoms with E-state index in [9.17, 15) is 63.6 Å². The molecule has 5 N–H and O–H groups in total. The van der Waals surface area contributed by atoms with Gasteiger partial charge in [0.25, 0.3) is 0 Å². The van der Waals surface area contributed by atoms with Crippen LogP contribution in [0.15, 0.2) is 0 Å². The number of carbonyl (C=O) groups excluding carboxylic acids is 8. The first-order chi connectivity index (χ1) is 56.4. The van der Waals surface area contributed by atoms with Gasteiger partial charge in [-0.05, 0) is 323 Å². The highest BCUT2D eigenvalue weighted by Gasteiger charge is 2.69. The van der Waals surface area contributed by atoms with Crippen molar-refractivity contribution in [3.8, 4) is 0 Å². The van der Waals surface area contributed by atoms with Gasteiger partial charge in [-0.1, -0.05) is 166 Å². The zero-order valence-corrected chi connectivity index (χ0v) is 78.8. The van der Waals surface area contributed by atoms with E-state index in [1.54, 1.807) is 13.8 Å². The molecule has 136 heavy (non-hydrogen) atoms. The maximum atomic E-state index is 12.6. The summed E-state index contributed by atoms with van der Waals surface area (Å²) in [5.41, 5.74) is -7.14. The first-order valence-electron chi connectivity index (χ1n) is 48.3. The lowest BCUT2D eigenvalue weighted by Gasteiger charge is -2.62. The molecular weight excluding hydrogens is 1720 g/mol. The van der Waals surface area contributed by atoms with Gasteiger partial charge in [0.15, 0.2) is 0 Å². The van der Waals surface area contributed by atoms with E-state index < -0.39 is 55.8 Å². The Bertz CT molecular complexity index is 3610. The van der Waals surface area contributed by atoms with Crippen molar-refractivity contribution in [1.29, 1.82) is 0 Å². The standard InChI is InChI=1S/C19H32O2.C17H28O2.2C16H26O4.2C13H18O4.C6H12O2.14CH4/c1-6-17(2,3)16(20)21-18(4,5)19-10-13-7-14(11-19)9-15(8-13)12-19;1-5-16(2,3)15(18)19-17(4)13-7-11-6-12(9-13)10-14(17)8-11;2*1-4-13(2,3)12(17)20-16-7-11-5-14(18,9-16)8-15(19,6-11)10-16;2*1-3-6(2)12(14)16-10-7-4-8-9(5-7)13(15)17-11(8)10;1-4-6(2,3)5(7)8;;;;;;;;;;;;;;/h13-15H,6-12H2,1-5H3;11-14H,5-10H2,1-4H3;2*11,18-19H,4-10H2,1-3H3;2*6-11H,3-5H2,1-2H3;4H2,1-3H3,(H,7,8);14*1H4. The Balaban J connectivity index is -0.00000151. The Morgan fingerprint density at radius 3 is 0.904 bits per heavy atom. The normalized spacial score (nSPS) is 37.4. The minimum Gasteiger partial charge on any atom is -0.481 e. The van der Waals surface area contributed by atoms with Crippen molar-refractivity contribution in [2.75, 3.05) is 0 Å². The third-order valence-electron chi connectivity index (χ3n) is 35.8. The first-order valence-corrected chi connectivity index (χ1v) is 48.3. The zero-order chi connectivity index (χ0) is 90.0. The van der Waals surface area contributed by atoms with Crippen molar-refractivity contribution in [2.45, 2.75) is 544 Å². The lowest BCUT2D eigenvalue weighted by molar-refractivity contribution is -0.265. The van der Waals surface area contributed by atoms with Crippen LogP contribution < -0.4 is 0 Å². The largest absolute Gasteiger partial charge is 0.481 e. The Hall–Kier alpha value is -4.93. The van der Waals surface area contributed by atoms with E-state index in [0.717, 1.165) is 132 Å². The van der Waals surface area contributed by atoms with Crippen LogP contribution in [0.3, 0.4) is 0 Å². The van der Waals surface area contributed by atoms with Crippen LogP contribution >= 0.6 is 0 Å². The molecule has 804 valence electrons. The van der Waals surface area contributed by atoms with Crippen molar-refractivity contribution in [1.82, 2.24) is 0 Å². The molecule has 2 saturated heterocycles. The zero-order valence-electron chi connectivity index (χ0n) is 78.8. The van der Waals surface area contributed by atoms with E-state index in [-0.39, 0.29) is 239 Å². The number of ether oxygens (including phenoxy) is 8. The molecule has 2 aliphatic heterocycles. The molecule has 0 radical (unpaired) electrons. The third kappa shape index (κ3) is 27.4. The fourth-order valence-corrected chi connectivity index (χ4v) is 27.0. The van der Waals surface area contributed by atoms with Crippen LogP contribution in [0.2, 0.25) is 0 Å². The number of hydrogen-bond acceptors (Lipinski definition) is 21. The van der Waals surface area contributed by atoms with E-state index in [0.29, 0.717) is 80.5 Å². The molecule has 16 unspecified atom stereocenters. The van der Waals surface area contributed by atoms with E-state index in [1.807, 2.05) is 104 Å². The van der Waals surface area contributed by atoms with Crippen LogP contribution in [0.25, 0.3) is 0 Å². The van der Waals surface area contributed by atoms with E-state index in [4.69, 9.17) is 43.0 Å². The van der Waals surface area contributed by atoms with Gasteiger partial charge in [-0.2, -0.15) is 0 Å². The van der Waals surface area contributed by atoms with Crippen LogP contribution in [0, 0.1) is 133 Å².